The number of anilines is 1. The van der Waals surface area contributed by atoms with E-state index in [-0.39, 0.29) is 0 Å². The van der Waals surface area contributed by atoms with Gasteiger partial charge in [-0.15, -0.1) is 0 Å². The summed E-state index contributed by atoms with van der Waals surface area (Å²) in [6.07, 6.45) is 4.57. The standard InChI is InChI=1S/C15H23NO2/c1-4-6-7-13(5-2)16-14-10-12(15(17)18)9-8-11(14)3/h8-10,13,16H,4-7H2,1-3H3,(H,17,18). The molecule has 0 fully saturated rings. The molecule has 0 aliphatic carbocycles. The Balaban J connectivity index is 2.80. The number of carboxylic acids is 1. The van der Waals surface area contributed by atoms with Crippen molar-refractivity contribution in [2.24, 2.45) is 0 Å². The lowest BCUT2D eigenvalue weighted by molar-refractivity contribution is 0.0697. The number of aryl methyl sites for hydroxylation is 1. The Morgan fingerprint density at radius 2 is 2.11 bits per heavy atom. The minimum atomic E-state index is -0.875. The molecule has 1 aromatic rings. The molecule has 3 nitrogen and oxygen atoms in total. The highest BCUT2D eigenvalue weighted by Crippen LogP contribution is 2.20. The van der Waals surface area contributed by atoms with E-state index < -0.39 is 5.97 Å². The van der Waals surface area contributed by atoms with E-state index in [1.54, 1.807) is 12.1 Å². The molecule has 0 aliphatic heterocycles. The van der Waals surface area contributed by atoms with E-state index >= 15 is 0 Å². The van der Waals surface area contributed by atoms with Crippen molar-refractivity contribution in [2.45, 2.75) is 52.5 Å². The van der Waals surface area contributed by atoms with E-state index in [4.69, 9.17) is 5.11 Å². The highest BCUT2D eigenvalue weighted by atomic mass is 16.4. The topological polar surface area (TPSA) is 49.3 Å². The van der Waals surface area contributed by atoms with Crippen LogP contribution in [0.25, 0.3) is 0 Å². The minimum Gasteiger partial charge on any atom is -0.478 e. The lowest BCUT2D eigenvalue weighted by atomic mass is 10.0. The molecular formula is C15H23NO2. The number of nitrogens with one attached hydrogen (secondary N) is 1. The molecule has 1 unspecified atom stereocenters. The van der Waals surface area contributed by atoms with Gasteiger partial charge in [-0.05, 0) is 37.5 Å². The molecule has 1 rings (SSSR count). The summed E-state index contributed by atoms with van der Waals surface area (Å²) in [4.78, 5) is 11.0. The third-order valence-electron chi connectivity index (χ3n) is 3.24. The highest BCUT2D eigenvalue weighted by molar-refractivity contribution is 5.89. The van der Waals surface area contributed by atoms with E-state index in [0.717, 1.165) is 24.1 Å². The van der Waals surface area contributed by atoms with Crippen LogP contribution in [0.4, 0.5) is 5.69 Å². The molecule has 0 radical (unpaired) electrons. The van der Waals surface area contributed by atoms with Crippen molar-refractivity contribution >= 4 is 11.7 Å². The van der Waals surface area contributed by atoms with Gasteiger partial charge in [-0.2, -0.15) is 0 Å². The molecule has 1 aromatic carbocycles. The van der Waals surface area contributed by atoms with Gasteiger partial charge in [-0.1, -0.05) is 32.8 Å². The van der Waals surface area contributed by atoms with Crippen LogP contribution in [-0.4, -0.2) is 17.1 Å². The number of rotatable bonds is 7. The summed E-state index contributed by atoms with van der Waals surface area (Å²) in [5, 5.41) is 12.5. The van der Waals surface area contributed by atoms with E-state index in [1.807, 2.05) is 13.0 Å². The quantitative estimate of drug-likeness (QED) is 0.765. The molecule has 0 saturated carbocycles. The Hall–Kier alpha value is -1.51. The predicted octanol–water partition coefficient (Wildman–Crippen LogP) is 4.07. The number of unbranched alkanes of at least 4 members (excludes halogenated alkanes) is 1. The zero-order chi connectivity index (χ0) is 13.5. The summed E-state index contributed by atoms with van der Waals surface area (Å²) in [6, 6.07) is 5.66. The molecule has 0 amide bonds. The summed E-state index contributed by atoms with van der Waals surface area (Å²) >= 11 is 0. The SMILES string of the molecule is CCCCC(CC)Nc1cc(C(=O)O)ccc1C. The van der Waals surface area contributed by atoms with Gasteiger partial charge in [0.25, 0.3) is 0 Å². The molecule has 0 aliphatic rings. The van der Waals surface area contributed by atoms with E-state index in [1.165, 1.54) is 12.8 Å². The smallest absolute Gasteiger partial charge is 0.335 e. The first-order valence-electron chi connectivity index (χ1n) is 6.69. The first-order valence-corrected chi connectivity index (χ1v) is 6.69. The van der Waals surface area contributed by atoms with Crippen LogP contribution >= 0.6 is 0 Å². The number of carbonyl (C=O) groups is 1. The summed E-state index contributed by atoms with van der Waals surface area (Å²) in [5.74, 6) is -0.875. The van der Waals surface area contributed by atoms with Crippen molar-refractivity contribution in [3.05, 3.63) is 29.3 Å². The lowest BCUT2D eigenvalue weighted by Crippen LogP contribution is -2.19. The average Bonchev–Trinajstić information content (AvgIpc) is 2.36. The molecule has 0 bridgehead atoms. The van der Waals surface area contributed by atoms with E-state index in [9.17, 15) is 4.79 Å². The lowest BCUT2D eigenvalue weighted by Gasteiger charge is -2.19. The van der Waals surface area contributed by atoms with E-state index in [2.05, 4.69) is 19.2 Å². The normalized spacial score (nSPS) is 12.2. The minimum absolute atomic E-state index is 0.341. The first-order chi connectivity index (χ1) is 8.58. The molecule has 0 aromatic heterocycles. The van der Waals surface area contributed by atoms with Crippen LogP contribution in [0.5, 0.6) is 0 Å². The molecule has 1 atom stereocenters. The van der Waals surface area contributed by atoms with Gasteiger partial charge in [0.2, 0.25) is 0 Å². The molecular weight excluding hydrogens is 226 g/mol. The second kappa shape index (κ2) is 7.04. The third kappa shape index (κ3) is 4.06. The zero-order valence-electron chi connectivity index (χ0n) is 11.5. The maximum Gasteiger partial charge on any atom is 0.335 e. The Bertz CT molecular complexity index is 401. The maximum absolute atomic E-state index is 11.0. The molecule has 2 N–H and O–H groups in total. The summed E-state index contributed by atoms with van der Waals surface area (Å²) in [5.41, 5.74) is 2.38. The van der Waals surface area contributed by atoms with Crippen LogP contribution in [-0.2, 0) is 0 Å². The number of carboxylic acid groups (broad SMARTS) is 1. The van der Waals surface area contributed by atoms with Crippen molar-refractivity contribution in [3.8, 4) is 0 Å². The van der Waals surface area contributed by atoms with Gasteiger partial charge in [0.15, 0.2) is 0 Å². The predicted molar refractivity (Wildman–Crippen MR) is 75.4 cm³/mol. The van der Waals surface area contributed by atoms with Gasteiger partial charge in [0.1, 0.15) is 0 Å². The van der Waals surface area contributed by atoms with Crippen molar-refractivity contribution < 1.29 is 9.90 Å². The second-order valence-electron chi connectivity index (χ2n) is 4.73. The largest absolute Gasteiger partial charge is 0.478 e. The van der Waals surface area contributed by atoms with Crippen LogP contribution in [0.15, 0.2) is 18.2 Å². The Morgan fingerprint density at radius 3 is 2.67 bits per heavy atom. The van der Waals surface area contributed by atoms with Gasteiger partial charge in [0.05, 0.1) is 5.56 Å². The average molecular weight is 249 g/mol. The first kappa shape index (κ1) is 14.6. The van der Waals surface area contributed by atoms with Crippen molar-refractivity contribution in [3.63, 3.8) is 0 Å². The molecule has 0 heterocycles. The molecule has 3 heteroatoms. The maximum atomic E-state index is 11.0. The fourth-order valence-electron chi connectivity index (χ4n) is 1.96. The number of aromatic carboxylic acids is 1. The fraction of sp³-hybridized carbons (Fsp3) is 0.533. The second-order valence-corrected chi connectivity index (χ2v) is 4.73. The van der Waals surface area contributed by atoms with Gasteiger partial charge in [0, 0.05) is 11.7 Å². The Labute approximate surface area is 109 Å². The van der Waals surface area contributed by atoms with Crippen LogP contribution in [0.3, 0.4) is 0 Å². The van der Waals surface area contributed by atoms with Gasteiger partial charge < -0.3 is 10.4 Å². The van der Waals surface area contributed by atoms with E-state index in [0.29, 0.717) is 11.6 Å². The monoisotopic (exact) mass is 249 g/mol. The van der Waals surface area contributed by atoms with Crippen LogP contribution in [0.2, 0.25) is 0 Å². The molecule has 0 spiro atoms. The van der Waals surface area contributed by atoms with Gasteiger partial charge in [-0.25, -0.2) is 4.79 Å². The summed E-state index contributed by atoms with van der Waals surface area (Å²) < 4.78 is 0. The third-order valence-corrected chi connectivity index (χ3v) is 3.24. The highest BCUT2D eigenvalue weighted by Gasteiger charge is 2.10. The Morgan fingerprint density at radius 1 is 1.39 bits per heavy atom. The number of hydrogen-bond acceptors (Lipinski definition) is 2. The summed E-state index contributed by atoms with van der Waals surface area (Å²) in [6.45, 7) is 6.34. The van der Waals surface area contributed by atoms with Crippen molar-refractivity contribution in [2.75, 3.05) is 5.32 Å². The van der Waals surface area contributed by atoms with Crippen LogP contribution in [0, 0.1) is 6.92 Å². The van der Waals surface area contributed by atoms with Crippen LogP contribution in [0.1, 0.15) is 55.5 Å². The summed E-state index contributed by atoms with van der Waals surface area (Å²) in [7, 11) is 0. The molecule has 0 saturated heterocycles. The Kier molecular flexibility index (Phi) is 5.69. The molecule has 18 heavy (non-hydrogen) atoms. The van der Waals surface area contributed by atoms with Crippen LogP contribution < -0.4 is 5.32 Å². The van der Waals surface area contributed by atoms with Gasteiger partial charge >= 0.3 is 5.97 Å². The number of benzene rings is 1. The van der Waals surface area contributed by atoms with Gasteiger partial charge in [-0.3, -0.25) is 0 Å². The van der Waals surface area contributed by atoms with Crippen molar-refractivity contribution in [1.29, 1.82) is 0 Å². The zero-order valence-corrected chi connectivity index (χ0v) is 11.5. The van der Waals surface area contributed by atoms with Crippen molar-refractivity contribution in [1.82, 2.24) is 0 Å². The molecule has 100 valence electrons. The fourth-order valence-corrected chi connectivity index (χ4v) is 1.96. The number of hydrogen-bond donors (Lipinski definition) is 2.